The third kappa shape index (κ3) is 3.47. The van der Waals surface area contributed by atoms with Gasteiger partial charge in [0.1, 0.15) is 11.7 Å². The minimum atomic E-state index is -0.992. The number of amides is 4. The molecule has 35 heavy (non-hydrogen) atoms. The predicted octanol–water partition coefficient (Wildman–Crippen LogP) is 1.31. The monoisotopic (exact) mass is 472 g/mol. The van der Waals surface area contributed by atoms with Gasteiger partial charge in [-0.15, -0.1) is 0 Å². The standard InChI is InChI=1S/C24H20N6O5/c31-17-9-8-16(22(32)26-17)30-23(33)15-7-3-11-29(20(15)24(30)34)12-18-27-21(28-35-18)14-6-1-4-13-5-2-10-25-19(13)14/h1-2,4-6,10,16H,3,7-9,11-12H2,(H,26,31,32). The summed E-state index contributed by atoms with van der Waals surface area (Å²) < 4.78 is 5.49. The van der Waals surface area contributed by atoms with Gasteiger partial charge >= 0.3 is 0 Å². The van der Waals surface area contributed by atoms with Crippen molar-refractivity contribution in [2.45, 2.75) is 38.3 Å². The Labute approximate surface area is 198 Å². The topological polar surface area (TPSA) is 139 Å². The van der Waals surface area contributed by atoms with Gasteiger partial charge in [-0.25, -0.2) is 0 Å². The van der Waals surface area contributed by atoms with Crippen molar-refractivity contribution in [3.8, 4) is 11.4 Å². The molecule has 3 aliphatic heterocycles. The lowest BCUT2D eigenvalue weighted by Crippen LogP contribution is -2.55. The van der Waals surface area contributed by atoms with Gasteiger partial charge < -0.3 is 9.42 Å². The Bertz CT molecular complexity index is 1440. The van der Waals surface area contributed by atoms with E-state index in [9.17, 15) is 19.2 Å². The number of nitrogens with one attached hydrogen (secondary N) is 1. The van der Waals surface area contributed by atoms with Crippen LogP contribution in [0.5, 0.6) is 0 Å². The molecule has 176 valence electrons. The summed E-state index contributed by atoms with van der Waals surface area (Å²) >= 11 is 0. The molecule has 6 rings (SSSR count). The van der Waals surface area contributed by atoms with Gasteiger partial charge in [-0.05, 0) is 31.4 Å². The molecule has 1 atom stereocenters. The van der Waals surface area contributed by atoms with Crippen LogP contribution in [0.1, 0.15) is 31.6 Å². The van der Waals surface area contributed by atoms with Crippen LogP contribution in [-0.4, -0.2) is 61.1 Å². The van der Waals surface area contributed by atoms with Crippen molar-refractivity contribution in [3.05, 3.63) is 53.7 Å². The average molecular weight is 472 g/mol. The van der Waals surface area contributed by atoms with E-state index in [2.05, 4.69) is 20.4 Å². The molecule has 0 spiro atoms. The Hall–Kier alpha value is -4.41. The van der Waals surface area contributed by atoms with E-state index in [4.69, 9.17) is 4.52 Å². The van der Waals surface area contributed by atoms with Gasteiger partial charge in [0.2, 0.25) is 23.5 Å². The first-order valence-corrected chi connectivity index (χ1v) is 11.4. The van der Waals surface area contributed by atoms with E-state index >= 15 is 0 Å². The molecule has 1 unspecified atom stereocenters. The van der Waals surface area contributed by atoms with Crippen molar-refractivity contribution in [2.24, 2.45) is 0 Å². The maximum Gasteiger partial charge on any atom is 0.278 e. The van der Waals surface area contributed by atoms with Crippen LogP contribution in [0.4, 0.5) is 0 Å². The highest BCUT2D eigenvalue weighted by Gasteiger charge is 2.48. The second kappa shape index (κ2) is 8.12. The Morgan fingerprint density at radius 2 is 1.91 bits per heavy atom. The van der Waals surface area contributed by atoms with Crippen molar-refractivity contribution in [1.29, 1.82) is 0 Å². The van der Waals surface area contributed by atoms with Crippen LogP contribution in [0, 0.1) is 0 Å². The smallest absolute Gasteiger partial charge is 0.278 e. The summed E-state index contributed by atoms with van der Waals surface area (Å²) in [6.07, 6.45) is 3.00. The minimum Gasteiger partial charge on any atom is -0.357 e. The first-order chi connectivity index (χ1) is 17.0. The molecule has 0 saturated carbocycles. The second-order valence-corrected chi connectivity index (χ2v) is 8.69. The van der Waals surface area contributed by atoms with Crippen LogP contribution >= 0.6 is 0 Å². The quantitative estimate of drug-likeness (QED) is 0.557. The number of piperidine rings is 1. The SMILES string of the molecule is O=C1CCC(N2C(=O)C3=C(C2=O)N(Cc2nc(-c4cccc5cccnc45)no2)CCC3)C(=O)N1. The van der Waals surface area contributed by atoms with Crippen molar-refractivity contribution >= 4 is 34.5 Å². The van der Waals surface area contributed by atoms with Crippen molar-refractivity contribution < 1.29 is 23.7 Å². The lowest BCUT2D eigenvalue weighted by atomic mass is 10.0. The first kappa shape index (κ1) is 21.1. The third-order valence-electron chi connectivity index (χ3n) is 6.54. The molecule has 3 aromatic rings. The van der Waals surface area contributed by atoms with Crippen LogP contribution in [0.3, 0.4) is 0 Å². The zero-order valence-electron chi connectivity index (χ0n) is 18.6. The summed E-state index contributed by atoms with van der Waals surface area (Å²) in [4.78, 5) is 61.9. The molecular formula is C24H20N6O5. The number of aromatic nitrogens is 3. The van der Waals surface area contributed by atoms with E-state index in [1.54, 1.807) is 11.1 Å². The second-order valence-electron chi connectivity index (χ2n) is 8.69. The highest BCUT2D eigenvalue weighted by Crippen LogP contribution is 2.35. The Balaban J connectivity index is 1.26. The molecule has 0 bridgehead atoms. The van der Waals surface area contributed by atoms with Crippen molar-refractivity contribution in [2.75, 3.05) is 6.54 Å². The minimum absolute atomic E-state index is 0.0790. The summed E-state index contributed by atoms with van der Waals surface area (Å²) in [7, 11) is 0. The lowest BCUT2D eigenvalue weighted by molar-refractivity contribution is -0.150. The highest BCUT2D eigenvalue weighted by molar-refractivity contribution is 6.21. The van der Waals surface area contributed by atoms with Crippen molar-refractivity contribution in [3.63, 3.8) is 0 Å². The van der Waals surface area contributed by atoms with E-state index in [-0.39, 0.29) is 25.1 Å². The van der Waals surface area contributed by atoms with E-state index in [1.807, 2.05) is 30.3 Å². The fourth-order valence-corrected chi connectivity index (χ4v) is 4.94. The van der Waals surface area contributed by atoms with Gasteiger partial charge in [0.25, 0.3) is 11.8 Å². The van der Waals surface area contributed by atoms with Crippen LogP contribution in [0.15, 0.2) is 52.3 Å². The number of benzene rings is 1. The summed E-state index contributed by atoms with van der Waals surface area (Å²) in [5.74, 6) is -1.36. The number of imide groups is 2. The largest absolute Gasteiger partial charge is 0.357 e. The molecule has 1 N–H and O–H groups in total. The highest BCUT2D eigenvalue weighted by atomic mass is 16.5. The van der Waals surface area contributed by atoms with Crippen LogP contribution in [0.25, 0.3) is 22.3 Å². The zero-order chi connectivity index (χ0) is 24.1. The number of para-hydroxylation sites is 1. The molecule has 1 saturated heterocycles. The van der Waals surface area contributed by atoms with E-state index in [1.165, 1.54) is 0 Å². The zero-order valence-corrected chi connectivity index (χ0v) is 18.6. The molecule has 11 heteroatoms. The normalized spacial score (nSPS) is 20.6. The Kier molecular flexibility index (Phi) is 4.90. The van der Waals surface area contributed by atoms with E-state index < -0.39 is 29.7 Å². The maximum atomic E-state index is 13.3. The van der Waals surface area contributed by atoms with Gasteiger partial charge in [0, 0.05) is 35.7 Å². The Morgan fingerprint density at radius 3 is 2.77 bits per heavy atom. The maximum absolute atomic E-state index is 13.3. The van der Waals surface area contributed by atoms with Crippen molar-refractivity contribution in [1.82, 2.24) is 30.2 Å². The van der Waals surface area contributed by atoms with Gasteiger partial charge in [0.05, 0.1) is 12.1 Å². The molecule has 1 fully saturated rings. The number of fused-ring (bicyclic) bond motifs is 1. The molecule has 0 aliphatic carbocycles. The lowest BCUT2D eigenvalue weighted by Gasteiger charge is -2.29. The van der Waals surface area contributed by atoms with E-state index in [0.717, 1.165) is 21.4 Å². The summed E-state index contributed by atoms with van der Waals surface area (Å²) in [6, 6.07) is 8.52. The number of hydrogen-bond donors (Lipinski definition) is 1. The molecule has 2 aromatic heterocycles. The van der Waals surface area contributed by atoms with E-state index in [0.29, 0.717) is 36.7 Å². The van der Waals surface area contributed by atoms with Crippen LogP contribution in [0.2, 0.25) is 0 Å². The van der Waals surface area contributed by atoms with Gasteiger partial charge in [-0.3, -0.25) is 34.4 Å². The Morgan fingerprint density at radius 1 is 1.06 bits per heavy atom. The number of rotatable bonds is 4. The number of nitrogens with zero attached hydrogens (tertiary/aromatic N) is 5. The number of hydrogen-bond acceptors (Lipinski definition) is 9. The summed E-state index contributed by atoms with van der Waals surface area (Å²) in [6.45, 7) is 0.667. The molecule has 3 aliphatic rings. The fraction of sp³-hybridized carbons (Fsp3) is 0.292. The number of carbonyl (C=O) groups excluding carboxylic acids is 4. The molecule has 0 radical (unpaired) electrons. The molecular weight excluding hydrogens is 452 g/mol. The molecule has 4 amide bonds. The predicted molar refractivity (Wildman–Crippen MR) is 120 cm³/mol. The molecule has 11 nitrogen and oxygen atoms in total. The first-order valence-electron chi connectivity index (χ1n) is 11.4. The molecule has 5 heterocycles. The number of pyridine rings is 1. The van der Waals surface area contributed by atoms with Crippen LogP contribution < -0.4 is 5.32 Å². The van der Waals surface area contributed by atoms with Gasteiger partial charge in [0.15, 0.2) is 0 Å². The summed E-state index contributed by atoms with van der Waals surface area (Å²) in [5.41, 5.74) is 2.12. The van der Waals surface area contributed by atoms with Gasteiger partial charge in [-0.1, -0.05) is 23.4 Å². The third-order valence-corrected chi connectivity index (χ3v) is 6.54. The summed E-state index contributed by atoms with van der Waals surface area (Å²) in [5, 5.41) is 7.28. The average Bonchev–Trinajstić information content (AvgIpc) is 3.42. The van der Waals surface area contributed by atoms with Gasteiger partial charge in [-0.2, -0.15) is 4.98 Å². The fourth-order valence-electron chi connectivity index (χ4n) is 4.94. The van der Waals surface area contributed by atoms with Crippen LogP contribution in [-0.2, 0) is 25.7 Å². The number of carbonyl (C=O) groups is 4. The molecule has 1 aromatic carbocycles.